The third kappa shape index (κ3) is 4.28. The van der Waals surface area contributed by atoms with E-state index in [-0.39, 0.29) is 29.9 Å². The Morgan fingerprint density at radius 3 is 2.93 bits per heavy atom. The van der Waals surface area contributed by atoms with Gasteiger partial charge in [0.05, 0.1) is 0 Å². The van der Waals surface area contributed by atoms with E-state index in [0.29, 0.717) is 17.9 Å². The molecule has 1 aromatic rings. The number of carbonyl (C=O) groups is 1. The Morgan fingerprint density at radius 1 is 1.64 bits per heavy atom. The zero-order valence-electron chi connectivity index (χ0n) is 7.90. The lowest BCUT2D eigenvalue weighted by molar-refractivity contribution is -0.671. The monoisotopic (exact) mass is 324 g/mol. The molecule has 0 aliphatic heterocycles. The normalized spacial score (nSPS) is 9.00. The number of hydrogen-bond acceptors (Lipinski definition) is 2. The maximum Gasteiger partial charge on any atom is 0.257 e. The molecule has 0 unspecified atom stereocenters. The molecule has 1 N–H and O–H groups in total. The third-order valence-corrected chi connectivity index (χ3v) is 1.82. The van der Waals surface area contributed by atoms with Gasteiger partial charge >= 0.3 is 0 Å². The molecule has 1 rings (SSSR count). The standard InChI is InChI=1S/C9H12N2OS.HI/c1-11-5-2-3-8(7-11)9(12)10-4-6-13;/h2-3,5,7H,4,6H2,1H3,(H-,10,12,13);1H. The topological polar surface area (TPSA) is 33.0 Å². The fourth-order valence-electron chi connectivity index (χ4n) is 0.994. The molecule has 0 bridgehead atoms. The van der Waals surface area contributed by atoms with Crippen molar-refractivity contribution < 1.29 is 33.3 Å². The summed E-state index contributed by atoms with van der Waals surface area (Å²) in [5.41, 5.74) is 0.673. The lowest BCUT2D eigenvalue weighted by Gasteiger charge is -2.00. The SMILES string of the molecule is C[n+]1cccc(C(=O)NCCS)c1.[I-]. The Balaban J connectivity index is 0.00000169. The van der Waals surface area contributed by atoms with Gasteiger partial charge in [0.2, 0.25) is 0 Å². The van der Waals surface area contributed by atoms with Gasteiger partial charge in [-0.25, -0.2) is 4.57 Å². The minimum atomic E-state index is -0.0507. The van der Waals surface area contributed by atoms with E-state index in [2.05, 4.69) is 17.9 Å². The van der Waals surface area contributed by atoms with Crippen molar-refractivity contribution in [3.8, 4) is 0 Å². The van der Waals surface area contributed by atoms with Crippen LogP contribution in [-0.2, 0) is 7.05 Å². The van der Waals surface area contributed by atoms with Gasteiger partial charge in [-0.1, -0.05) is 0 Å². The molecule has 14 heavy (non-hydrogen) atoms. The van der Waals surface area contributed by atoms with Crippen LogP contribution in [-0.4, -0.2) is 18.2 Å². The summed E-state index contributed by atoms with van der Waals surface area (Å²) >= 11 is 4.01. The van der Waals surface area contributed by atoms with Crippen molar-refractivity contribution in [2.24, 2.45) is 7.05 Å². The molecule has 1 heterocycles. The maximum absolute atomic E-state index is 11.4. The molecule has 0 saturated carbocycles. The molecule has 0 aliphatic rings. The number of carbonyl (C=O) groups excluding carboxylic acids is 1. The highest BCUT2D eigenvalue weighted by Crippen LogP contribution is 1.93. The average Bonchev–Trinajstić information content (AvgIpc) is 2.14. The Labute approximate surface area is 106 Å². The molecule has 0 fully saturated rings. The Kier molecular flexibility index (Phi) is 6.90. The van der Waals surface area contributed by atoms with Crippen molar-refractivity contribution in [3.05, 3.63) is 30.1 Å². The van der Waals surface area contributed by atoms with Crippen molar-refractivity contribution in [2.75, 3.05) is 12.3 Å². The predicted molar refractivity (Wildman–Crippen MR) is 53.8 cm³/mol. The van der Waals surface area contributed by atoms with Crippen LogP contribution < -0.4 is 33.9 Å². The van der Waals surface area contributed by atoms with E-state index < -0.39 is 0 Å². The number of nitrogens with zero attached hydrogens (tertiary/aromatic N) is 1. The second-order valence-corrected chi connectivity index (χ2v) is 3.18. The molecule has 1 aromatic heterocycles. The quantitative estimate of drug-likeness (QED) is 0.351. The van der Waals surface area contributed by atoms with E-state index in [1.807, 2.05) is 23.9 Å². The van der Waals surface area contributed by atoms with Gasteiger partial charge in [0.1, 0.15) is 12.6 Å². The number of aromatic nitrogens is 1. The van der Waals surface area contributed by atoms with Crippen molar-refractivity contribution in [3.63, 3.8) is 0 Å². The van der Waals surface area contributed by atoms with Gasteiger partial charge in [0.25, 0.3) is 5.91 Å². The summed E-state index contributed by atoms with van der Waals surface area (Å²) in [5.74, 6) is 0.607. The van der Waals surface area contributed by atoms with Gasteiger partial charge in [-0.15, -0.1) is 0 Å². The second kappa shape index (κ2) is 7.05. The van der Waals surface area contributed by atoms with Gasteiger partial charge in [-0.2, -0.15) is 12.6 Å². The molecule has 1 amide bonds. The van der Waals surface area contributed by atoms with E-state index in [1.165, 1.54) is 0 Å². The van der Waals surface area contributed by atoms with Crippen LogP contribution in [0.4, 0.5) is 0 Å². The zero-order valence-corrected chi connectivity index (χ0v) is 11.0. The molecule has 0 radical (unpaired) electrons. The largest absolute Gasteiger partial charge is 1.00 e. The molecule has 0 atom stereocenters. The van der Waals surface area contributed by atoms with Crippen LogP contribution in [0.5, 0.6) is 0 Å². The van der Waals surface area contributed by atoms with Crippen molar-refractivity contribution >= 4 is 18.5 Å². The first-order chi connectivity index (χ1) is 6.24. The number of nitrogens with one attached hydrogen (secondary N) is 1. The summed E-state index contributed by atoms with van der Waals surface area (Å²) in [6, 6.07) is 3.63. The molecule has 3 nitrogen and oxygen atoms in total. The van der Waals surface area contributed by atoms with Crippen molar-refractivity contribution in [2.45, 2.75) is 0 Å². The highest BCUT2D eigenvalue weighted by Gasteiger charge is 2.06. The third-order valence-electron chi connectivity index (χ3n) is 1.60. The molecule has 78 valence electrons. The molecular weight excluding hydrogens is 311 g/mol. The van der Waals surface area contributed by atoms with Gasteiger partial charge in [0.15, 0.2) is 12.4 Å². The Morgan fingerprint density at radius 2 is 2.36 bits per heavy atom. The number of amides is 1. The highest BCUT2D eigenvalue weighted by atomic mass is 127. The van der Waals surface area contributed by atoms with E-state index in [4.69, 9.17) is 0 Å². The van der Waals surface area contributed by atoms with Crippen LogP contribution >= 0.6 is 12.6 Å². The first kappa shape index (κ1) is 13.7. The molecular formula is C9H13IN2OS. The fraction of sp³-hybridized carbons (Fsp3) is 0.333. The lowest BCUT2D eigenvalue weighted by atomic mass is 10.2. The predicted octanol–water partition coefficient (Wildman–Crippen LogP) is -2.83. The summed E-state index contributed by atoms with van der Waals surface area (Å²) in [7, 11) is 1.88. The fourth-order valence-corrected chi connectivity index (χ4v) is 1.11. The maximum atomic E-state index is 11.4. The number of thiol groups is 1. The van der Waals surface area contributed by atoms with Crippen LogP contribution in [0.2, 0.25) is 0 Å². The van der Waals surface area contributed by atoms with Crippen LogP contribution in [0, 0.1) is 0 Å². The van der Waals surface area contributed by atoms with Crippen molar-refractivity contribution in [1.82, 2.24) is 5.32 Å². The van der Waals surface area contributed by atoms with Crippen LogP contribution in [0.15, 0.2) is 24.5 Å². The summed E-state index contributed by atoms with van der Waals surface area (Å²) in [5, 5.41) is 2.75. The summed E-state index contributed by atoms with van der Waals surface area (Å²) < 4.78 is 1.84. The van der Waals surface area contributed by atoms with Gasteiger partial charge in [0, 0.05) is 18.4 Å². The number of pyridine rings is 1. The molecule has 0 aliphatic carbocycles. The molecule has 0 aromatic carbocycles. The van der Waals surface area contributed by atoms with Crippen LogP contribution in [0.25, 0.3) is 0 Å². The van der Waals surface area contributed by atoms with E-state index in [9.17, 15) is 4.79 Å². The second-order valence-electron chi connectivity index (χ2n) is 2.74. The number of hydrogen-bond donors (Lipinski definition) is 2. The van der Waals surface area contributed by atoms with Crippen molar-refractivity contribution in [1.29, 1.82) is 0 Å². The summed E-state index contributed by atoms with van der Waals surface area (Å²) in [4.78, 5) is 11.4. The van der Waals surface area contributed by atoms with E-state index in [0.717, 1.165) is 0 Å². The minimum Gasteiger partial charge on any atom is -1.00 e. The zero-order chi connectivity index (χ0) is 9.68. The average molecular weight is 324 g/mol. The minimum absolute atomic E-state index is 0. The number of rotatable bonds is 3. The van der Waals surface area contributed by atoms with Crippen LogP contribution in [0.3, 0.4) is 0 Å². The Bertz CT molecular complexity index is 307. The summed E-state index contributed by atoms with van der Waals surface area (Å²) in [6.45, 7) is 0.598. The van der Waals surface area contributed by atoms with E-state index >= 15 is 0 Å². The summed E-state index contributed by atoms with van der Waals surface area (Å²) in [6.07, 6.45) is 3.67. The van der Waals surface area contributed by atoms with E-state index in [1.54, 1.807) is 12.3 Å². The van der Waals surface area contributed by atoms with Gasteiger partial charge < -0.3 is 29.3 Å². The number of halogens is 1. The number of aryl methyl sites for hydroxylation is 1. The molecule has 5 heteroatoms. The lowest BCUT2D eigenvalue weighted by Crippen LogP contribution is -3.00. The highest BCUT2D eigenvalue weighted by molar-refractivity contribution is 7.80. The Hall–Kier alpha value is -0.300. The molecule has 0 spiro atoms. The van der Waals surface area contributed by atoms with Crippen LogP contribution in [0.1, 0.15) is 10.4 Å². The first-order valence-corrected chi connectivity index (χ1v) is 4.71. The van der Waals surface area contributed by atoms with Gasteiger partial charge in [-0.3, -0.25) is 4.79 Å². The molecule has 0 saturated heterocycles. The first-order valence-electron chi connectivity index (χ1n) is 4.08. The smallest absolute Gasteiger partial charge is 0.257 e. The van der Waals surface area contributed by atoms with Gasteiger partial charge in [-0.05, 0) is 6.07 Å².